The lowest BCUT2D eigenvalue weighted by Crippen LogP contribution is -2.41. The summed E-state index contributed by atoms with van der Waals surface area (Å²) in [5.74, 6) is -0.0682. The van der Waals surface area contributed by atoms with Crippen LogP contribution in [0.15, 0.2) is 42.6 Å². The summed E-state index contributed by atoms with van der Waals surface area (Å²) < 4.78 is 12.9. The molecule has 4 nitrogen and oxygen atoms in total. The molecule has 2 aromatic rings. The van der Waals surface area contributed by atoms with Gasteiger partial charge in [-0.3, -0.25) is 9.78 Å². The molecule has 3 N–H and O–H groups in total. The van der Waals surface area contributed by atoms with E-state index in [-0.39, 0.29) is 11.7 Å². The van der Waals surface area contributed by atoms with Gasteiger partial charge in [-0.15, -0.1) is 0 Å². The fourth-order valence-corrected chi connectivity index (χ4v) is 3.20. The average Bonchev–Trinajstić information content (AvgIpc) is 2.60. The van der Waals surface area contributed by atoms with Gasteiger partial charge in [-0.05, 0) is 73.9 Å². The van der Waals surface area contributed by atoms with E-state index in [1.165, 1.54) is 35.5 Å². The summed E-state index contributed by atoms with van der Waals surface area (Å²) >= 11 is 0. The fourth-order valence-electron chi connectivity index (χ4n) is 3.20. The topological polar surface area (TPSA) is 68.0 Å². The summed E-state index contributed by atoms with van der Waals surface area (Å²) in [6.45, 7) is 0. The molecule has 1 aliphatic rings. The van der Waals surface area contributed by atoms with Crippen LogP contribution in [0.1, 0.15) is 40.9 Å². The molecule has 0 aliphatic heterocycles. The minimum atomic E-state index is -0.396. The maximum atomic E-state index is 12.9. The van der Waals surface area contributed by atoms with Crippen molar-refractivity contribution in [1.29, 1.82) is 0 Å². The molecule has 24 heavy (non-hydrogen) atoms. The Bertz CT molecular complexity index is 702. The van der Waals surface area contributed by atoms with Crippen LogP contribution >= 0.6 is 0 Å². The predicted octanol–water partition coefficient (Wildman–Crippen LogP) is 2.82. The summed E-state index contributed by atoms with van der Waals surface area (Å²) in [7, 11) is 0. The number of nitrogens with zero attached hydrogens (tertiary/aromatic N) is 1. The van der Waals surface area contributed by atoms with Crippen molar-refractivity contribution in [2.45, 2.75) is 38.3 Å². The van der Waals surface area contributed by atoms with Crippen molar-refractivity contribution >= 4 is 5.91 Å². The van der Waals surface area contributed by atoms with Crippen molar-refractivity contribution in [3.8, 4) is 0 Å². The Morgan fingerprint density at radius 2 is 2.12 bits per heavy atom. The highest BCUT2D eigenvalue weighted by Crippen LogP contribution is 2.27. The lowest BCUT2D eigenvalue weighted by atomic mass is 9.84. The van der Waals surface area contributed by atoms with E-state index in [1.54, 1.807) is 0 Å². The van der Waals surface area contributed by atoms with E-state index in [1.807, 2.05) is 12.3 Å². The Hall–Kier alpha value is -2.27. The van der Waals surface area contributed by atoms with Gasteiger partial charge in [-0.1, -0.05) is 6.07 Å². The van der Waals surface area contributed by atoms with Crippen molar-refractivity contribution in [2.24, 2.45) is 11.7 Å². The van der Waals surface area contributed by atoms with Gasteiger partial charge in [0.1, 0.15) is 5.82 Å². The molecule has 1 aromatic carbocycles. The largest absolute Gasteiger partial charge is 0.337 e. The lowest BCUT2D eigenvalue weighted by molar-refractivity contribution is 0.0934. The number of nitrogens with one attached hydrogen (secondary N) is 1. The summed E-state index contributed by atoms with van der Waals surface area (Å²) in [6, 6.07) is 9.59. The molecule has 0 bridgehead atoms. The molecule has 0 saturated heterocycles. The third kappa shape index (κ3) is 4.17. The summed E-state index contributed by atoms with van der Waals surface area (Å²) in [5.41, 5.74) is 8.99. The maximum absolute atomic E-state index is 12.9. The second-order valence-corrected chi connectivity index (χ2v) is 6.38. The Kier molecular flexibility index (Phi) is 5.20. The smallest absolute Gasteiger partial charge is 0.252 e. The van der Waals surface area contributed by atoms with Crippen LogP contribution in [-0.4, -0.2) is 17.1 Å². The quantitative estimate of drug-likeness (QED) is 0.830. The Morgan fingerprint density at radius 1 is 1.33 bits per heavy atom. The normalized spacial score (nSPS) is 17.8. The summed E-state index contributed by atoms with van der Waals surface area (Å²) in [4.78, 5) is 16.5. The highest BCUT2D eigenvalue weighted by molar-refractivity contribution is 5.94. The zero-order valence-electron chi connectivity index (χ0n) is 13.5. The van der Waals surface area contributed by atoms with Crippen LogP contribution in [0.3, 0.4) is 0 Å². The lowest BCUT2D eigenvalue weighted by Gasteiger charge is -2.25. The number of carbonyl (C=O) groups is 1. The Labute approximate surface area is 141 Å². The number of carbonyl (C=O) groups excluding carboxylic acids is 1. The molecule has 1 aliphatic carbocycles. The number of fused-ring (bicyclic) bond motifs is 1. The second kappa shape index (κ2) is 7.53. The van der Waals surface area contributed by atoms with Gasteiger partial charge in [0.2, 0.25) is 0 Å². The van der Waals surface area contributed by atoms with E-state index in [9.17, 15) is 9.18 Å². The summed E-state index contributed by atoms with van der Waals surface area (Å²) in [5, 5.41) is 2.78. The van der Waals surface area contributed by atoms with Gasteiger partial charge in [0.25, 0.3) is 5.91 Å². The number of rotatable bonds is 5. The van der Waals surface area contributed by atoms with Gasteiger partial charge in [0.05, 0.1) is 6.17 Å². The number of aryl methyl sites for hydroxylation is 1. The van der Waals surface area contributed by atoms with Gasteiger partial charge >= 0.3 is 0 Å². The molecule has 1 aromatic heterocycles. The number of pyridine rings is 1. The van der Waals surface area contributed by atoms with Crippen LogP contribution in [0.25, 0.3) is 0 Å². The van der Waals surface area contributed by atoms with Gasteiger partial charge in [0, 0.05) is 17.5 Å². The zero-order valence-corrected chi connectivity index (χ0v) is 13.5. The minimum Gasteiger partial charge on any atom is -0.337 e. The average molecular weight is 327 g/mol. The summed E-state index contributed by atoms with van der Waals surface area (Å²) in [6.07, 6.45) is 6.31. The fraction of sp³-hybridized carbons (Fsp3) is 0.368. The molecule has 0 saturated carbocycles. The van der Waals surface area contributed by atoms with E-state index in [2.05, 4.69) is 16.4 Å². The van der Waals surface area contributed by atoms with Gasteiger partial charge < -0.3 is 11.1 Å². The van der Waals surface area contributed by atoms with Crippen LogP contribution in [0.4, 0.5) is 4.39 Å². The molecule has 1 heterocycles. The van der Waals surface area contributed by atoms with Crippen molar-refractivity contribution in [3.05, 3.63) is 65.2 Å². The molecule has 2 atom stereocenters. The third-order valence-corrected chi connectivity index (χ3v) is 4.60. The molecule has 3 rings (SSSR count). The van der Waals surface area contributed by atoms with E-state index >= 15 is 0 Å². The van der Waals surface area contributed by atoms with E-state index < -0.39 is 6.17 Å². The van der Waals surface area contributed by atoms with Gasteiger partial charge in [-0.2, -0.15) is 0 Å². The number of aromatic nitrogens is 1. The monoisotopic (exact) mass is 327 g/mol. The number of benzene rings is 1. The van der Waals surface area contributed by atoms with E-state index in [0.717, 1.165) is 32.1 Å². The number of nitrogens with two attached hydrogens (primary N) is 1. The first kappa shape index (κ1) is 16.6. The number of amides is 1. The van der Waals surface area contributed by atoms with Crippen LogP contribution in [0.2, 0.25) is 0 Å². The number of hydrogen-bond donors (Lipinski definition) is 2. The maximum Gasteiger partial charge on any atom is 0.252 e. The number of halogens is 1. The molecule has 0 radical (unpaired) electrons. The first-order valence-electron chi connectivity index (χ1n) is 8.36. The molecule has 0 spiro atoms. The third-order valence-electron chi connectivity index (χ3n) is 4.60. The van der Waals surface area contributed by atoms with Crippen molar-refractivity contribution < 1.29 is 9.18 Å². The number of hydrogen-bond acceptors (Lipinski definition) is 3. The van der Waals surface area contributed by atoms with Crippen LogP contribution in [0.5, 0.6) is 0 Å². The predicted molar refractivity (Wildman–Crippen MR) is 90.8 cm³/mol. The zero-order chi connectivity index (χ0) is 16.9. The van der Waals surface area contributed by atoms with Crippen LogP contribution in [-0.2, 0) is 12.8 Å². The first-order valence-corrected chi connectivity index (χ1v) is 8.36. The highest BCUT2D eigenvalue weighted by Gasteiger charge is 2.20. The molecular weight excluding hydrogens is 305 g/mol. The highest BCUT2D eigenvalue weighted by atomic mass is 19.1. The molecule has 1 amide bonds. The van der Waals surface area contributed by atoms with E-state index in [4.69, 9.17) is 5.73 Å². The minimum absolute atomic E-state index is 0.266. The molecule has 126 valence electrons. The van der Waals surface area contributed by atoms with Crippen molar-refractivity contribution in [3.63, 3.8) is 0 Å². The molecule has 0 fully saturated rings. The second-order valence-electron chi connectivity index (χ2n) is 6.38. The van der Waals surface area contributed by atoms with Crippen LogP contribution in [0, 0.1) is 11.7 Å². The van der Waals surface area contributed by atoms with Gasteiger partial charge in [0.15, 0.2) is 0 Å². The van der Waals surface area contributed by atoms with Crippen molar-refractivity contribution in [2.75, 3.05) is 0 Å². The van der Waals surface area contributed by atoms with Crippen LogP contribution < -0.4 is 11.1 Å². The first-order chi connectivity index (χ1) is 11.6. The van der Waals surface area contributed by atoms with Gasteiger partial charge in [-0.25, -0.2) is 4.39 Å². The van der Waals surface area contributed by atoms with Crippen molar-refractivity contribution in [1.82, 2.24) is 10.3 Å². The molecular formula is C19H22FN3O. The SMILES string of the molecule is NC(CCC1CCc2cccnc2C1)NC(=O)c1ccc(F)cc1. The standard InChI is InChI=1S/C19H22FN3O/c20-16-8-6-15(7-9-16)19(24)23-18(21)10-4-13-3-5-14-2-1-11-22-17(14)12-13/h1-2,6-9,11,13,18H,3-5,10,12,21H2,(H,23,24). The Morgan fingerprint density at radius 3 is 2.92 bits per heavy atom. The molecule has 5 heteroatoms. The molecule has 2 unspecified atom stereocenters. The van der Waals surface area contributed by atoms with E-state index in [0.29, 0.717) is 11.5 Å². The Balaban J connectivity index is 1.47.